The first-order chi connectivity index (χ1) is 10.9. The van der Waals surface area contributed by atoms with E-state index >= 15 is 0 Å². The van der Waals surface area contributed by atoms with Crippen molar-refractivity contribution in [2.75, 3.05) is 24.9 Å². The first-order valence-corrected chi connectivity index (χ1v) is 8.89. The first-order valence-electron chi connectivity index (χ1n) is 7.50. The van der Waals surface area contributed by atoms with Crippen molar-refractivity contribution in [2.45, 2.75) is 40.0 Å². The summed E-state index contributed by atoms with van der Waals surface area (Å²) in [7, 11) is 1.43. The fourth-order valence-electron chi connectivity index (χ4n) is 1.34. The SMILES string of the molecule is CC.COC(=O)CCCCSC.Cc1cc(C(N)=O)cnc1N. The van der Waals surface area contributed by atoms with Crippen LogP contribution in [0, 0.1) is 6.92 Å². The average molecular weight is 343 g/mol. The summed E-state index contributed by atoms with van der Waals surface area (Å²) in [5.74, 6) is 0.980. The molecule has 23 heavy (non-hydrogen) atoms. The molecule has 132 valence electrons. The second-order valence-corrected chi connectivity index (χ2v) is 5.30. The summed E-state index contributed by atoms with van der Waals surface area (Å²) in [6.07, 6.45) is 6.06. The molecular formula is C16H29N3O3S. The Balaban J connectivity index is 0. The summed E-state index contributed by atoms with van der Waals surface area (Å²) in [6, 6.07) is 1.62. The smallest absolute Gasteiger partial charge is 0.305 e. The molecule has 0 aromatic carbocycles. The predicted molar refractivity (Wildman–Crippen MR) is 97.5 cm³/mol. The van der Waals surface area contributed by atoms with E-state index in [-0.39, 0.29) is 5.97 Å². The minimum absolute atomic E-state index is 0.0962. The molecule has 1 heterocycles. The average Bonchev–Trinajstić information content (AvgIpc) is 2.56. The largest absolute Gasteiger partial charge is 0.469 e. The lowest BCUT2D eigenvalue weighted by Crippen LogP contribution is -2.12. The van der Waals surface area contributed by atoms with Gasteiger partial charge in [-0.05, 0) is 43.4 Å². The van der Waals surface area contributed by atoms with E-state index in [2.05, 4.69) is 16.0 Å². The molecule has 1 rings (SSSR count). The lowest BCUT2D eigenvalue weighted by Gasteiger charge is -1.99. The van der Waals surface area contributed by atoms with Crippen molar-refractivity contribution >= 4 is 29.5 Å². The van der Waals surface area contributed by atoms with Gasteiger partial charge in [-0.2, -0.15) is 11.8 Å². The highest BCUT2D eigenvalue weighted by molar-refractivity contribution is 7.98. The van der Waals surface area contributed by atoms with Crippen LogP contribution in [0.3, 0.4) is 0 Å². The number of rotatable bonds is 6. The number of nitrogens with two attached hydrogens (primary N) is 2. The van der Waals surface area contributed by atoms with Crippen LogP contribution in [0.15, 0.2) is 12.3 Å². The van der Waals surface area contributed by atoms with Crippen LogP contribution in [0.4, 0.5) is 5.82 Å². The van der Waals surface area contributed by atoms with Crippen molar-refractivity contribution in [2.24, 2.45) is 5.73 Å². The van der Waals surface area contributed by atoms with Gasteiger partial charge in [0.15, 0.2) is 0 Å². The zero-order valence-corrected chi connectivity index (χ0v) is 15.5. The molecule has 0 saturated heterocycles. The maximum absolute atomic E-state index is 10.6. The number of aromatic nitrogens is 1. The van der Waals surface area contributed by atoms with E-state index in [1.165, 1.54) is 13.3 Å². The second-order valence-electron chi connectivity index (χ2n) is 4.32. The van der Waals surface area contributed by atoms with Crippen LogP contribution in [0.2, 0.25) is 0 Å². The number of aryl methyl sites for hydroxylation is 1. The van der Waals surface area contributed by atoms with Gasteiger partial charge < -0.3 is 16.2 Å². The van der Waals surface area contributed by atoms with Crippen LogP contribution in [-0.2, 0) is 9.53 Å². The Labute approximate surface area is 143 Å². The number of carbonyl (C=O) groups excluding carboxylic acids is 2. The Morgan fingerprint density at radius 1 is 1.30 bits per heavy atom. The summed E-state index contributed by atoms with van der Waals surface area (Å²) in [5.41, 5.74) is 11.6. The normalized spacial score (nSPS) is 8.91. The molecule has 6 nitrogen and oxygen atoms in total. The number of nitrogens with zero attached hydrogens (tertiary/aromatic N) is 1. The van der Waals surface area contributed by atoms with E-state index in [9.17, 15) is 9.59 Å². The van der Waals surface area contributed by atoms with Gasteiger partial charge in [-0.1, -0.05) is 13.8 Å². The molecule has 0 aliphatic rings. The van der Waals surface area contributed by atoms with E-state index in [1.807, 2.05) is 25.6 Å². The number of thioether (sulfide) groups is 1. The van der Waals surface area contributed by atoms with Gasteiger partial charge in [0.05, 0.1) is 12.7 Å². The van der Waals surface area contributed by atoms with Gasteiger partial charge in [0.2, 0.25) is 5.91 Å². The lowest BCUT2D eigenvalue weighted by atomic mass is 10.2. The monoisotopic (exact) mass is 343 g/mol. The Kier molecular flexibility index (Phi) is 15.5. The predicted octanol–water partition coefficient (Wildman–Crippen LogP) is 2.79. The molecule has 0 unspecified atom stereocenters. The summed E-state index contributed by atoms with van der Waals surface area (Å²) in [5, 5.41) is 0. The number of nitrogen functional groups attached to an aromatic ring is 1. The van der Waals surface area contributed by atoms with Crippen molar-refractivity contribution in [1.82, 2.24) is 4.98 Å². The van der Waals surface area contributed by atoms with Crippen molar-refractivity contribution in [1.29, 1.82) is 0 Å². The molecule has 1 aromatic heterocycles. The first kappa shape index (κ1) is 23.5. The third-order valence-electron chi connectivity index (χ3n) is 2.61. The third-order valence-corrected chi connectivity index (χ3v) is 3.31. The number of hydrogen-bond acceptors (Lipinski definition) is 6. The van der Waals surface area contributed by atoms with Gasteiger partial charge in [-0.25, -0.2) is 4.98 Å². The van der Waals surface area contributed by atoms with Crippen LogP contribution in [0.25, 0.3) is 0 Å². The van der Waals surface area contributed by atoms with Crippen LogP contribution in [0.1, 0.15) is 49.0 Å². The number of amides is 1. The van der Waals surface area contributed by atoms with E-state index in [0.717, 1.165) is 24.2 Å². The minimum atomic E-state index is -0.486. The maximum Gasteiger partial charge on any atom is 0.305 e. The number of carbonyl (C=O) groups is 2. The Morgan fingerprint density at radius 3 is 2.35 bits per heavy atom. The Hall–Kier alpha value is -1.76. The van der Waals surface area contributed by atoms with E-state index in [0.29, 0.717) is 17.8 Å². The van der Waals surface area contributed by atoms with Gasteiger partial charge in [-0.3, -0.25) is 9.59 Å². The molecule has 0 atom stereocenters. The van der Waals surface area contributed by atoms with Crippen LogP contribution in [-0.4, -0.2) is 36.0 Å². The molecule has 1 amide bonds. The Morgan fingerprint density at radius 2 is 1.91 bits per heavy atom. The molecular weight excluding hydrogens is 314 g/mol. The highest BCUT2D eigenvalue weighted by Gasteiger charge is 2.02. The van der Waals surface area contributed by atoms with Gasteiger partial charge in [0.1, 0.15) is 5.82 Å². The van der Waals surface area contributed by atoms with Gasteiger partial charge in [-0.15, -0.1) is 0 Å². The Bertz CT molecular complexity index is 468. The fourth-order valence-corrected chi connectivity index (χ4v) is 1.83. The number of unbranched alkanes of at least 4 members (excludes halogenated alkanes) is 1. The van der Waals surface area contributed by atoms with Crippen LogP contribution < -0.4 is 11.5 Å². The molecule has 0 saturated carbocycles. The van der Waals surface area contributed by atoms with Crippen LogP contribution >= 0.6 is 11.8 Å². The summed E-state index contributed by atoms with van der Waals surface area (Å²) in [4.78, 5) is 24.9. The maximum atomic E-state index is 10.6. The number of anilines is 1. The molecule has 0 aliphatic heterocycles. The van der Waals surface area contributed by atoms with E-state index in [1.54, 1.807) is 13.0 Å². The van der Waals surface area contributed by atoms with Gasteiger partial charge in [0.25, 0.3) is 0 Å². The summed E-state index contributed by atoms with van der Waals surface area (Å²) >= 11 is 1.81. The highest BCUT2D eigenvalue weighted by atomic mass is 32.2. The number of ether oxygens (including phenoxy) is 1. The second kappa shape index (κ2) is 15.1. The standard InChI is InChI=1S/C7H9N3O.C7H14O2S.C2H6/c1-4-2-5(7(9)11)3-10-6(4)8;1-9-7(8)5-3-4-6-10-2;1-2/h2-3H,1H3,(H2,8,10)(H2,9,11);3-6H2,1-2H3;1-2H3. The number of primary amides is 1. The molecule has 0 bridgehead atoms. The van der Waals surface area contributed by atoms with Crippen molar-refractivity contribution in [3.8, 4) is 0 Å². The fraction of sp³-hybridized carbons (Fsp3) is 0.562. The lowest BCUT2D eigenvalue weighted by molar-refractivity contribution is -0.140. The summed E-state index contributed by atoms with van der Waals surface area (Å²) < 4.78 is 4.48. The molecule has 4 N–H and O–H groups in total. The molecule has 0 aliphatic carbocycles. The quantitative estimate of drug-likeness (QED) is 0.607. The van der Waals surface area contributed by atoms with Gasteiger partial charge >= 0.3 is 5.97 Å². The molecule has 7 heteroatoms. The number of hydrogen-bond donors (Lipinski definition) is 2. The highest BCUT2D eigenvalue weighted by Crippen LogP contribution is 2.07. The van der Waals surface area contributed by atoms with E-state index in [4.69, 9.17) is 11.5 Å². The summed E-state index contributed by atoms with van der Waals surface area (Å²) in [6.45, 7) is 5.77. The molecule has 0 fully saturated rings. The minimum Gasteiger partial charge on any atom is -0.469 e. The van der Waals surface area contributed by atoms with Crippen molar-refractivity contribution in [3.05, 3.63) is 23.4 Å². The van der Waals surface area contributed by atoms with Gasteiger partial charge in [0, 0.05) is 12.6 Å². The zero-order chi connectivity index (χ0) is 18.3. The number of pyridine rings is 1. The topological polar surface area (TPSA) is 108 Å². The van der Waals surface area contributed by atoms with Crippen molar-refractivity contribution < 1.29 is 14.3 Å². The third kappa shape index (κ3) is 12.5. The zero-order valence-electron chi connectivity index (χ0n) is 14.7. The van der Waals surface area contributed by atoms with E-state index < -0.39 is 5.91 Å². The number of esters is 1. The number of methoxy groups -OCH3 is 1. The molecule has 0 radical (unpaired) electrons. The molecule has 1 aromatic rings. The van der Waals surface area contributed by atoms with Crippen LogP contribution in [0.5, 0.6) is 0 Å². The van der Waals surface area contributed by atoms with Crippen molar-refractivity contribution in [3.63, 3.8) is 0 Å². The molecule has 0 spiro atoms.